The van der Waals surface area contributed by atoms with Crippen molar-refractivity contribution in [3.63, 3.8) is 0 Å². The number of imide groups is 1. The molecule has 0 saturated heterocycles. The van der Waals surface area contributed by atoms with Crippen LogP contribution in [0.15, 0.2) is 24.3 Å². The molecular weight excluding hydrogens is 356 g/mol. The molecule has 1 rings (SSSR count). The maximum atomic E-state index is 12.2. The second-order valence-electron chi connectivity index (χ2n) is 4.50. The molecule has 0 bridgehead atoms. The summed E-state index contributed by atoms with van der Waals surface area (Å²) in [5, 5.41) is 1.85. The number of amides is 2. The van der Waals surface area contributed by atoms with Gasteiger partial charge in [0, 0.05) is 6.08 Å². The van der Waals surface area contributed by atoms with E-state index < -0.39 is 31.2 Å². The first-order valence-electron chi connectivity index (χ1n) is 7.30. The van der Waals surface area contributed by atoms with E-state index in [1.54, 1.807) is 6.92 Å². The molecule has 1 N–H and O–H groups in total. The molecule has 0 atom stereocenters. The molecule has 0 aliphatic rings. The van der Waals surface area contributed by atoms with Gasteiger partial charge in [0.25, 0.3) is 5.91 Å². The number of alkyl halides is 2. The second kappa shape index (κ2) is 10.6. The third-order valence-corrected chi connectivity index (χ3v) is 2.68. The third-order valence-electron chi connectivity index (χ3n) is 2.68. The molecule has 10 heteroatoms. The zero-order valence-electron chi connectivity index (χ0n) is 14.0. The number of hydrogen-bond donors (Lipinski definition) is 1. The topological polar surface area (TPSA) is 100 Å². The van der Waals surface area contributed by atoms with Gasteiger partial charge in [0.2, 0.25) is 0 Å². The molecule has 0 aliphatic carbocycles. The Morgan fingerprint density at radius 3 is 2.54 bits per heavy atom. The van der Waals surface area contributed by atoms with Gasteiger partial charge in [-0.25, -0.2) is 9.59 Å². The van der Waals surface area contributed by atoms with Gasteiger partial charge in [-0.1, -0.05) is 6.07 Å². The second-order valence-corrected chi connectivity index (χ2v) is 4.50. The number of methoxy groups -OCH3 is 1. The molecule has 0 aromatic heterocycles. The van der Waals surface area contributed by atoms with Gasteiger partial charge in [-0.15, -0.1) is 0 Å². The Labute approximate surface area is 147 Å². The van der Waals surface area contributed by atoms with Crippen molar-refractivity contribution in [2.24, 2.45) is 0 Å². The quantitative estimate of drug-likeness (QED) is 0.550. The van der Waals surface area contributed by atoms with Gasteiger partial charge in [0.1, 0.15) is 0 Å². The summed E-state index contributed by atoms with van der Waals surface area (Å²) >= 11 is 0. The SMILES string of the molecule is CCOC(=O)NC(=O)COC(=O)/C=C/c1ccc(OC(F)F)c(OC)c1. The highest BCUT2D eigenvalue weighted by Gasteiger charge is 2.11. The molecule has 1 aromatic carbocycles. The van der Waals surface area contributed by atoms with Gasteiger partial charge in [-0.05, 0) is 30.7 Å². The summed E-state index contributed by atoms with van der Waals surface area (Å²) in [6, 6.07) is 4.04. The Morgan fingerprint density at radius 1 is 1.19 bits per heavy atom. The number of nitrogens with one attached hydrogen (secondary N) is 1. The fourth-order valence-electron chi connectivity index (χ4n) is 1.65. The first kappa shape index (κ1) is 20.9. The van der Waals surface area contributed by atoms with Crippen molar-refractivity contribution in [2.45, 2.75) is 13.5 Å². The predicted molar refractivity (Wildman–Crippen MR) is 84.8 cm³/mol. The van der Waals surface area contributed by atoms with Gasteiger partial charge in [-0.2, -0.15) is 8.78 Å². The number of rotatable bonds is 8. The van der Waals surface area contributed by atoms with E-state index in [0.717, 1.165) is 6.08 Å². The Bertz CT molecular complexity index is 677. The molecule has 0 unspecified atom stereocenters. The van der Waals surface area contributed by atoms with Crippen molar-refractivity contribution in [2.75, 3.05) is 20.3 Å². The van der Waals surface area contributed by atoms with Gasteiger partial charge in [-0.3, -0.25) is 10.1 Å². The minimum absolute atomic E-state index is 0.0506. The molecule has 0 heterocycles. The molecule has 0 saturated carbocycles. The van der Waals surface area contributed by atoms with Crippen LogP contribution in [0.4, 0.5) is 13.6 Å². The van der Waals surface area contributed by atoms with Crippen LogP contribution < -0.4 is 14.8 Å². The number of halogens is 2. The lowest BCUT2D eigenvalue weighted by Gasteiger charge is -2.10. The molecule has 0 fully saturated rings. The lowest BCUT2D eigenvalue weighted by atomic mass is 10.2. The van der Waals surface area contributed by atoms with Gasteiger partial charge in [0.05, 0.1) is 13.7 Å². The van der Waals surface area contributed by atoms with Crippen LogP contribution in [0.2, 0.25) is 0 Å². The van der Waals surface area contributed by atoms with Crippen LogP contribution in [-0.4, -0.2) is 44.9 Å². The monoisotopic (exact) mass is 373 g/mol. The number of alkyl carbamates (subject to hydrolysis) is 1. The fraction of sp³-hybridized carbons (Fsp3) is 0.312. The number of benzene rings is 1. The van der Waals surface area contributed by atoms with Crippen molar-refractivity contribution in [3.8, 4) is 11.5 Å². The molecular formula is C16H17F2NO7. The van der Waals surface area contributed by atoms with E-state index in [1.165, 1.54) is 31.4 Å². The molecule has 0 aliphatic heterocycles. The van der Waals surface area contributed by atoms with E-state index in [1.807, 2.05) is 5.32 Å². The first-order chi connectivity index (χ1) is 12.3. The average Bonchev–Trinajstić information content (AvgIpc) is 2.58. The fourth-order valence-corrected chi connectivity index (χ4v) is 1.65. The minimum Gasteiger partial charge on any atom is -0.493 e. The van der Waals surface area contributed by atoms with Crippen molar-refractivity contribution >= 4 is 24.0 Å². The van der Waals surface area contributed by atoms with Crippen LogP contribution in [0.5, 0.6) is 11.5 Å². The van der Waals surface area contributed by atoms with Crippen LogP contribution in [0.3, 0.4) is 0 Å². The van der Waals surface area contributed by atoms with Crippen LogP contribution in [-0.2, 0) is 19.1 Å². The lowest BCUT2D eigenvalue weighted by Crippen LogP contribution is -2.34. The smallest absolute Gasteiger partial charge is 0.413 e. The van der Waals surface area contributed by atoms with Gasteiger partial charge in [0.15, 0.2) is 18.1 Å². The number of carbonyl (C=O) groups is 3. The molecule has 142 valence electrons. The van der Waals surface area contributed by atoms with E-state index in [0.29, 0.717) is 5.56 Å². The summed E-state index contributed by atoms with van der Waals surface area (Å²) in [5.74, 6) is -1.80. The maximum absolute atomic E-state index is 12.2. The molecule has 1 aromatic rings. The van der Waals surface area contributed by atoms with Crippen molar-refractivity contribution < 1.29 is 42.1 Å². The Morgan fingerprint density at radius 2 is 1.92 bits per heavy atom. The average molecular weight is 373 g/mol. The number of ether oxygens (including phenoxy) is 4. The number of hydrogen-bond acceptors (Lipinski definition) is 7. The van der Waals surface area contributed by atoms with E-state index in [9.17, 15) is 23.2 Å². The van der Waals surface area contributed by atoms with E-state index in [-0.39, 0.29) is 18.1 Å². The first-order valence-corrected chi connectivity index (χ1v) is 7.30. The van der Waals surface area contributed by atoms with Crippen molar-refractivity contribution in [1.29, 1.82) is 0 Å². The normalized spacial score (nSPS) is 10.5. The third kappa shape index (κ3) is 7.60. The summed E-state index contributed by atoms with van der Waals surface area (Å²) in [5.41, 5.74) is 0.441. The summed E-state index contributed by atoms with van der Waals surface area (Å²) in [6.45, 7) is -2.02. The summed E-state index contributed by atoms with van der Waals surface area (Å²) in [4.78, 5) is 33.8. The maximum Gasteiger partial charge on any atom is 0.413 e. The van der Waals surface area contributed by atoms with Crippen LogP contribution in [0.25, 0.3) is 6.08 Å². The van der Waals surface area contributed by atoms with E-state index >= 15 is 0 Å². The largest absolute Gasteiger partial charge is 0.493 e. The van der Waals surface area contributed by atoms with Crippen molar-refractivity contribution in [1.82, 2.24) is 5.32 Å². The molecule has 2 amide bonds. The van der Waals surface area contributed by atoms with Crippen LogP contribution in [0.1, 0.15) is 12.5 Å². The zero-order valence-corrected chi connectivity index (χ0v) is 14.0. The Kier molecular flexibility index (Phi) is 8.55. The number of esters is 1. The molecule has 0 radical (unpaired) electrons. The zero-order chi connectivity index (χ0) is 19.5. The van der Waals surface area contributed by atoms with E-state index in [4.69, 9.17) is 4.74 Å². The number of carbonyl (C=O) groups excluding carboxylic acids is 3. The Hall–Kier alpha value is -3.17. The van der Waals surface area contributed by atoms with Gasteiger partial charge >= 0.3 is 18.7 Å². The Balaban J connectivity index is 2.57. The summed E-state index contributed by atoms with van der Waals surface area (Å²) < 4.78 is 42.8. The highest BCUT2D eigenvalue weighted by atomic mass is 19.3. The summed E-state index contributed by atoms with van der Waals surface area (Å²) in [7, 11) is 1.28. The highest BCUT2D eigenvalue weighted by Crippen LogP contribution is 2.29. The standard InChI is InChI=1S/C16H17F2NO7/c1-3-24-16(22)19-13(20)9-25-14(21)7-5-10-4-6-11(26-15(17)18)12(8-10)23-2/h4-8,15H,3,9H2,1-2H3,(H,19,20,22)/b7-5+. The summed E-state index contributed by atoms with van der Waals surface area (Å²) in [6.07, 6.45) is 1.39. The minimum atomic E-state index is -3.00. The molecule has 26 heavy (non-hydrogen) atoms. The molecule has 8 nitrogen and oxygen atoms in total. The van der Waals surface area contributed by atoms with Gasteiger partial charge < -0.3 is 18.9 Å². The van der Waals surface area contributed by atoms with Crippen LogP contribution in [0, 0.1) is 0 Å². The van der Waals surface area contributed by atoms with Crippen molar-refractivity contribution in [3.05, 3.63) is 29.8 Å². The van der Waals surface area contributed by atoms with E-state index in [2.05, 4.69) is 14.2 Å². The highest BCUT2D eigenvalue weighted by molar-refractivity contribution is 5.94. The lowest BCUT2D eigenvalue weighted by molar-refractivity contribution is -0.143. The van der Waals surface area contributed by atoms with Crippen LogP contribution >= 0.6 is 0 Å². The predicted octanol–water partition coefficient (Wildman–Crippen LogP) is 2.13. The molecule has 0 spiro atoms.